The Morgan fingerprint density at radius 1 is 0.931 bits per heavy atom. The van der Waals surface area contributed by atoms with Crippen molar-refractivity contribution in [1.82, 2.24) is 5.32 Å². The number of hydrogen-bond acceptors (Lipinski definition) is 3. The second-order valence-electron chi connectivity index (χ2n) is 6.29. The molecule has 3 aromatic carbocycles. The maximum atomic E-state index is 12.2. The van der Waals surface area contributed by atoms with Crippen molar-refractivity contribution in [3.63, 3.8) is 0 Å². The zero-order valence-electron chi connectivity index (χ0n) is 15.9. The molecule has 3 rings (SSSR count). The zero-order valence-corrected chi connectivity index (χ0v) is 17.5. The van der Waals surface area contributed by atoms with E-state index < -0.39 is 0 Å². The summed E-state index contributed by atoms with van der Waals surface area (Å²) in [6.07, 6.45) is 0. The standard InChI is InChI=1S/C23H21BrN2O3/c1-2-25-23(28)18-9-6-10-19(13-18)26-22(27)15-29-21-12-11-17(14-20(21)24)16-7-4-3-5-8-16/h3-14H,2,15H2,1H3,(H,25,28)(H,26,27). The van der Waals surface area contributed by atoms with Crippen molar-refractivity contribution in [3.8, 4) is 16.9 Å². The van der Waals surface area contributed by atoms with Crippen molar-refractivity contribution in [1.29, 1.82) is 0 Å². The number of anilines is 1. The van der Waals surface area contributed by atoms with Crippen molar-refractivity contribution in [3.05, 3.63) is 82.8 Å². The molecular formula is C23H21BrN2O3. The number of hydrogen-bond donors (Lipinski definition) is 2. The second-order valence-corrected chi connectivity index (χ2v) is 7.14. The topological polar surface area (TPSA) is 67.4 Å². The van der Waals surface area contributed by atoms with Gasteiger partial charge in [-0.25, -0.2) is 0 Å². The van der Waals surface area contributed by atoms with Gasteiger partial charge in [-0.1, -0.05) is 42.5 Å². The van der Waals surface area contributed by atoms with E-state index in [-0.39, 0.29) is 18.4 Å². The van der Waals surface area contributed by atoms with Crippen LogP contribution >= 0.6 is 15.9 Å². The van der Waals surface area contributed by atoms with Crippen LogP contribution in [0.2, 0.25) is 0 Å². The average molecular weight is 453 g/mol. The van der Waals surface area contributed by atoms with Gasteiger partial charge in [0.05, 0.1) is 4.47 Å². The Balaban J connectivity index is 1.60. The number of carbonyl (C=O) groups excluding carboxylic acids is 2. The van der Waals surface area contributed by atoms with Gasteiger partial charge in [-0.15, -0.1) is 0 Å². The van der Waals surface area contributed by atoms with Gasteiger partial charge in [-0.05, 0) is 64.3 Å². The quantitative estimate of drug-likeness (QED) is 0.536. The highest BCUT2D eigenvalue weighted by Gasteiger charge is 2.10. The predicted octanol–water partition coefficient (Wildman–Crippen LogP) is 4.88. The summed E-state index contributed by atoms with van der Waals surface area (Å²) in [7, 11) is 0. The van der Waals surface area contributed by atoms with E-state index >= 15 is 0 Å². The van der Waals surface area contributed by atoms with Gasteiger partial charge in [0.2, 0.25) is 0 Å². The van der Waals surface area contributed by atoms with Gasteiger partial charge in [-0.2, -0.15) is 0 Å². The molecule has 0 saturated carbocycles. The Bertz CT molecular complexity index is 1010. The van der Waals surface area contributed by atoms with Crippen LogP contribution in [0.3, 0.4) is 0 Å². The van der Waals surface area contributed by atoms with Crippen molar-refractivity contribution in [2.45, 2.75) is 6.92 Å². The van der Waals surface area contributed by atoms with Crippen LogP contribution in [0.4, 0.5) is 5.69 Å². The smallest absolute Gasteiger partial charge is 0.262 e. The molecule has 0 aliphatic carbocycles. The first kappa shape index (κ1) is 20.6. The molecule has 2 amide bonds. The Morgan fingerprint density at radius 2 is 1.72 bits per heavy atom. The maximum Gasteiger partial charge on any atom is 0.262 e. The summed E-state index contributed by atoms with van der Waals surface area (Å²) in [6.45, 7) is 2.25. The minimum absolute atomic E-state index is 0.144. The molecule has 0 aliphatic heterocycles. The molecule has 3 aromatic rings. The molecule has 0 bridgehead atoms. The van der Waals surface area contributed by atoms with Gasteiger partial charge in [-0.3, -0.25) is 9.59 Å². The van der Waals surface area contributed by atoms with E-state index in [4.69, 9.17) is 4.74 Å². The summed E-state index contributed by atoms with van der Waals surface area (Å²) in [6, 6.07) is 22.5. The number of nitrogens with one attached hydrogen (secondary N) is 2. The monoisotopic (exact) mass is 452 g/mol. The van der Waals surface area contributed by atoms with Crippen LogP contribution in [0, 0.1) is 0 Å². The van der Waals surface area contributed by atoms with Crippen molar-refractivity contribution >= 4 is 33.4 Å². The number of carbonyl (C=O) groups is 2. The van der Waals surface area contributed by atoms with E-state index in [1.54, 1.807) is 24.3 Å². The van der Waals surface area contributed by atoms with Crippen molar-refractivity contribution in [2.24, 2.45) is 0 Å². The first-order valence-corrected chi connectivity index (χ1v) is 10.0. The summed E-state index contributed by atoms with van der Waals surface area (Å²) < 4.78 is 6.41. The van der Waals surface area contributed by atoms with Gasteiger partial charge in [0.25, 0.3) is 11.8 Å². The molecule has 29 heavy (non-hydrogen) atoms. The van der Waals surface area contributed by atoms with Gasteiger partial charge >= 0.3 is 0 Å². The molecule has 148 valence electrons. The molecule has 0 spiro atoms. The predicted molar refractivity (Wildman–Crippen MR) is 118 cm³/mol. The molecule has 0 atom stereocenters. The van der Waals surface area contributed by atoms with Crippen LogP contribution in [-0.2, 0) is 4.79 Å². The third-order valence-electron chi connectivity index (χ3n) is 4.14. The fraction of sp³-hybridized carbons (Fsp3) is 0.130. The summed E-state index contributed by atoms with van der Waals surface area (Å²) in [5, 5.41) is 5.48. The van der Waals surface area contributed by atoms with E-state index in [0.29, 0.717) is 23.5 Å². The van der Waals surface area contributed by atoms with Crippen LogP contribution in [0.15, 0.2) is 77.3 Å². The van der Waals surface area contributed by atoms with Gasteiger partial charge in [0, 0.05) is 17.8 Å². The fourth-order valence-electron chi connectivity index (χ4n) is 2.77. The lowest BCUT2D eigenvalue weighted by Crippen LogP contribution is -2.23. The normalized spacial score (nSPS) is 10.3. The molecular weight excluding hydrogens is 432 g/mol. The van der Waals surface area contributed by atoms with Gasteiger partial charge in [0.15, 0.2) is 6.61 Å². The van der Waals surface area contributed by atoms with E-state index in [1.807, 2.05) is 55.5 Å². The van der Waals surface area contributed by atoms with E-state index in [9.17, 15) is 9.59 Å². The molecule has 0 saturated heterocycles. The fourth-order valence-corrected chi connectivity index (χ4v) is 3.26. The Kier molecular flexibility index (Phi) is 7.03. The Labute approximate surface area is 178 Å². The highest BCUT2D eigenvalue weighted by atomic mass is 79.9. The summed E-state index contributed by atoms with van der Waals surface area (Å²) in [5.41, 5.74) is 3.19. The van der Waals surface area contributed by atoms with Crippen LogP contribution in [-0.4, -0.2) is 25.0 Å². The first-order valence-electron chi connectivity index (χ1n) is 9.22. The first-order chi connectivity index (χ1) is 14.1. The minimum Gasteiger partial charge on any atom is -0.483 e. The molecule has 0 fully saturated rings. The molecule has 0 aliphatic rings. The Morgan fingerprint density at radius 3 is 2.45 bits per heavy atom. The number of halogens is 1. The number of benzene rings is 3. The van der Waals surface area contributed by atoms with Crippen LogP contribution in [0.1, 0.15) is 17.3 Å². The summed E-state index contributed by atoms with van der Waals surface area (Å²) in [5.74, 6) is 0.0928. The Hall–Kier alpha value is -3.12. The van der Waals surface area contributed by atoms with E-state index in [1.165, 1.54) is 0 Å². The lowest BCUT2D eigenvalue weighted by Gasteiger charge is -2.11. The van der Waals surface area contributed by atoms with E-state index in [0.717, 1.165) is 15.6 Å². The lowest BCUT2D eigenvalue weighted by molar-refractivity contribution is -0.118. The van der Waals surface area contributed by atoms with Crippen LogP contribution in [0.25, 0.3) is 11.1 Å². The highest BCUT2D eigenvalue weighted by Crippen LogP contribution is 2.30. The SMILES string of the molecule is CCNC(=O)c1cccc(NC(=O)COc2ccc(-c3ccccc3)cc2Br)c1. The molecule has 5 nitrogen and oxygen atoms in total. The van der Waals surface area contributed by atoms with Crippen molar-refractivity contribution in [2.75, 3.05) is 18.5 Å². The van der Waals surface area contributed by atoms with E-state index in [2.05, 4.69) is 26.6 Å². The van der Waals surface area contributed by atoms with Crippen molar-refractivity contribution < 1.29 is 14.3 Å². The minimum atomic E-state index is -0.308. The van der Waals surface area contributed by atoms with Gasteiger partial charge in [0.1, 0.15) is 5.75 Å². The zero-order chi connectivity index (χ0) is 20.6. The largest absolute Gasteiger partial charge is 0.483 e. The molecule has 6 heteroatoms. The number of amides is 2. The molecule has 0 unspecified atom stereocenters. The molecule has 0 radical (unpaired) electrons. The third kappa shape index (κ3) is 5.68. The molecule has 2 N–H and O–H groups in total. The number of rotatable bonds is 7. The lowest BCUT2D eigenvalue weighted by atomic mass is 10.1. The highest BCUT2D eigenvalue weighted by molar-refractivity contribution is 9.10. The van der Waals surface area contributed by atoms with Crippen LogP contribution < -0.4 is 15.4 Å². The van der Waals surface area contributed by atoms with Crippen LogP contribution in [0.5, 0.6) is 5.75 Å². The molecule has 0 heterocycles. The maximum absolute atomic E-state index is 12.2. The summed E-state index contributed by atoms with van der Waals surface area (Å²) >= 11 is 3.50. The number of ether oxygens (including phenoxy) is 1. The second kappa shape index (κ2) is 9.89. The third-order valence-corrected chi connectivity index (χ3v) is 4.76. The molecule has 0 aromatic heterocycles. The summed E-state index contributed by atoms with van der Waals surface area (Å²) in [4.78, 5) is 24.1. The van der Waals surface area contributed by atoms with Gasteiger partial charge < -0.3 is 15.4 Å². The average Bonchev–Trinajstić information content (AvgIpc) is 2.74.